The van der Waals surface area contributed by atoms with E-state index in [9.17, 15) is 14.4 Å². The Balaban J connectivity index is 2.07. The Morgan fingerprint density at radius 1 is 1.23 bits per heavy atom. The lowest BCUT2D eigenvalue weighted by atomic mass is 10.0. The molecule has 2 rings (SSSR count). The number of carbonyl (C=O) groups is 3. The number of benzene rings is 1. The summed E-state index contributed by atoms with van der Waals surface area (Å²) in [6, 6.07) is 8.91. The average Bonchev–Trinajstić information content (AvgIpc) is 2.72. The quantitative estimate of drug-likeness (QED) is 0.640. The van der Waals surface area contributed by atoms with E-state index in [1.54, 1.807) is 6.92 Å². The van der Waals surface area contributed by atoms with Crippen LogP contribution >= 0.6 is 0 Å². The number of likely N-dealkylation sites (tertiary alicyclic amines) is 1. The van der Waals surface area contributed by atoms with Crippen LogP contribution in [0, 0.1) is 5.92 Å². The molecular weight excluding hydrogens is 280 g/mol. The molecule has 0 spiro atoms. The number of nitrogens with one attached hydrogen (secondary N) is 1. The maximum Gasteiger partial charge on any atom is 0.243 e. The van der Waals surface area contributed by atoms with Crippen molar-refractivity contribution < 1.29 is 14.4 Å². The van der Waals surface area contributed by atoms with Crippen molar-refractivity contribution >= 4 is 17.6 Å². The van der Waals surface area contributed by atoms with E-state index >= 15 is 0 Å². The predicted octanol–water partition coefficient (Wildman–Crippen LogP) is 1.52. The van der Waals surface area contributed by atoms with Gasteiger partial charge in [0.25, 0.3) is 0 Å². The zero-order valence-corrected chi connectivity index (χ0v) is 13.0. The number of amides is 2. The molecule has 1 heterocycles. The van der Waals surface area contributed by atoms with Crippen molar-refractivity contribution in [2.45, 2.75) is 39.3 Å². The van der Waals surface area contributed by atoms with Gasteiger partial charge in [0.1, 0.15) is 0 Å². The summed E-state index contributed by atoms with van der Waals surface area (Å²) in [6.07, 6.45) is 1.79. The Hall–Kier alpha value is -2.17. The number of rotatable bonds is 6. The second-order valence-electron chi connectivity index (χ2n) is 5.61. The highest BCUT2D eigenvalue weighted by Crippen LogP contribution is 2.23. The SMILES string of the molecule is CCCCNC(=O)[C@@H]1C(=O)[C@@H](C)N(Cc2ccccc2)C1=O. The van der Waals surface area contributed by atoms with Crippen LogP contribution in [0.15, 0.2) is 30.3 Å². The Labute approximate surface area is 130 Å². The summed E-state index contributed by atoms with van der Waals surface area (Å²) in [5, 5.41) is 2.68. The Morgan fingerprint density at radius 3 is 2.55 bits per heavy atom. The van der Waals surface area contributed by atoms with Crippen LogP contribution in [0.5, 0.6) is 0 Å². The first-order valence-corrected chi connectivity index (χ1v) is 7.72. The number of nitrogens with zero attached hydrogens (tertiary/aromatic N) is 1. The zero-order valence-electron chi connectivity index (χ0n) is 13.0. The van der Waals surface area contributed by atoms with Gasteiger partial charge in [-0.1, -0.05) is 43.7 Å². The molecule has 0 saturated carbocycles. The summed E-state index contributed by atoms with van der Waals surface area (Å²) in [7, 11) is 0. The van der Waals surface area contributed by atoms with Gasteiger partial charge in [-0.15, -0.1) is 0 Å². The molecule has 118 valence electrons. The first-order valence-electron chi connectivity index (χ1n) is 7.72. The molecule has 1 N–H and O–H groups in total. The third-order valence-electron chi connectivity index (χ3n) is 3.98. The van der Waals surface area contributed by atoms with Gasteiger partial charge in [0.05, 0.1) is 6.04 Å². The molecule has 1 aromatic rings. The van der Waals surface area contributed by atoms with E-state index in [-0.39, 0.29) is 5.78 Å². The van der Waals surface area contributed by atoms with Gasteiger partial charge in [0.15, 0.2) is 11.7 Å². The standard InChI is InChI=1S/C17H22N2O3/c1-3-4-10-18-16(21)14-15(20)12(2)19(17(14)22)11-13-8-6-5-7-9-13/h5-9,12,14H,3-4,10-11H2,1-2H3,(H,18,21)/t12-,14+/m1/s1. The highest BCUT2D eigenvalue weighted by atomic mass is 16.2. The van der Waals surface area contributed by atoms with E-state index < -0.39 is 23.8 Å². The lowest BCUT2D eigenvalue weighted by Gasteiger charge is -2.20. The van der Waals surface area contributed by atoms with Gasteiger partial charge in [0, 0.05) is 13.1 Å². The number of Topliss-reactive ketones (excluding diaryl/α,β-unsaturated/α-hetero) is 1. The molecule has 1 fully saturated rings. The lowest BCUT2D eigenvalue weighted by Crippen LogP contribution is -2.38. The molecule has 1 aliphatic heterocycles. The van der Waals surface area contributed by atoms with Crippen molar-refractivity contribution in [3.05, 3.63) is 35.9 Å². The summed E-state index contributed by atoms with van der Waals surface area (Å²) in [5.74, 6) is -2.35. The Kier molecular flexibility index (Phi) is 5.31. The van der Waals surface area contributed by atoms with Crippen LogP contribution in [0.3, 0.4) is 0 Å². The van der Waals surface area contributed by atoms with Crippen molar-refractivity contribution in [2.75, 3.05) is 6.54 Å². The van der Waals surface area contributed by atoms with Crippen LogP contribution < -0.4 is 5.32 Å². The van der Waals surface area contributed by atoms with E-state index in [1.807, 2.05) is 37.3 Å². The molecule has 0 aliphatic carbocycles. The van der Waals surface area contributed by atoms with E-state index in [2.05, 4.69) is 5.32 Å². The van der Waals surface area contributed by atoms with E-state index in [1.165, 1.54) is 4.90 Å². The van der Waals surface area contributed by atoms with Crippen LogP contribution in [-0.4, -0.2) is 35.1 Å². The number of unbranched alkanes of at least 4 members (excludes halogenated alkanes) is 1. The van der Waals surface area contributed by atoms with Crippen molar-refractivity contribution in [3.8, 4) is 0 Å². The summed E-state index contributed by atoms with van der Waals surface area (Å²) in [6.45, 7) is 4.55. The Morgan fingerprint density at radius 2 is 1.91 bits per heavy atom. The molecule has 1 aliphatic rings. The monoisotopic (exact) mass is 302 g/mol. The number of carbonyl (C=O) groups excluding carboxylic acids is 3. The molecule has 0 radical (unpaired) electrons. The molecule has 0 unspecified atom stereocenters. The van der Waals surface area contributed by atoms with Crippen molar-refractivity contribution in [3.63, 3.8) is 0 Å². The normalized spacial score (nSPS) is 21.3. The zero-order chi connectivity index (χ0) is 16.1. The minimum atomic E-state index is -1.18. The second kappa shape index (κ2) is 7.20. The average molecular weight is 302 g/mol. The van der Waals surface area contributed by atoms with Gasteiger partial charge in [-0.3, -0.25) is 14.4 Å². The lowest BCUT2D eigenvalue weighted by molar-refractivity contribution is -0.140. The molecule has 22 heavy (non-hydrogen) atoms. The maximum absolute atomic E-state index is 12.4. The molecule has 2 atom stereocenters. The van der Waals surface area contributed by atoms with Gasteiger partial charge in [-0.05, 0) is 18.9 Å². The van der Waals surface area contributed by atoms with Crippen LogP contribution in [0.1, 0.15) is 32.3 Å². The fourth-order valence-corrected chi connectivity index (χ4v) is 2.60. The largest absolute Gasteiger partial charge is 0.355 e. The molecule has 1 aromatic carbocycles. The minimum Gasteiger partial charge on any atom is -0.355 e. The summed E-state index contributed by atoms with van der Waals surface area (Å²) < 4.78 is 0. The van der Waals surface area contributed by atoms with Crippen molar-refractivity contribution in [1.29, 1.82) is 0 Å². The van der Waals surface area contributed by atoms with E-state index in [0.29, 0.717) is 13.1 Å². The maximum atomic E-state index is 12.4. The fraction of sp³-hybridized carbons (Fsp3) is 0.471. The van der Waals surface area contributed by atoms with Crippen molar-refractivity contribution in [2.24, 2.45) is 5.92 Å². The molecule has 0 aromatic heterocycles. The van der Waals surface area contributed by atoms with Gasteiger partial charge < -0.3 is 10.2 Å². The van der Waals surface area contributed by atoms with Crippen LogP contribution in [-0.2, 0) is 20.9 Å². The van der Waals surface area contributed by atoms with Crippen LogP contribution in [0.4, 0.5) is 0 Å². The number of ketones is 1. The molecule has 5 nitrogen and oxygen atoms in total. The molecular formula is C17H22N2O3. The number of hydrogen-bond donors (Lipinski definition) is 1. The first kappa shape index (κ1) is 16.2. The third kappa shape index (κ3) is 3.35. The van der Waals surface area contributed by atoms with Crippen LogP contribution in [0.2, 0.25) is 0 Å². The third-order valence-corrected chi connectivity index (χ3v) is 3.98. The van der Waals surface area contributed by atoms with Gasteiger partial charge >= 0.3 is 0 Å². The topological polar surface area (TPSA) is 66.5 Å². The number of hydrogen-bond acceptors (Lipinski definition) is 3. The molecule has 0 bridgehead atoms. The molecule has 5 heteroatoms. The predicted molar refractivity (Wildman–Crippen MR) is 82.9 cm³/mol. The second-order valence-corrected chi connectivity index (χ2v) is 5.61. The van der Waals surface area contributed by atoms with E-state index in [4.69, 9.17) is 0 Å². The fourth-order valence-electron chi connectivity index (χ4n) is 2.60. The van der Waals surface area contributed by atoms with Crippen LogP contribution in [0.25, 0.3) is 0 Å². The van der Waals surface area contributed by atoms with E-state index in [0.717, 1.165) is 18.4 Å². The van der Waals surface area contributed by atoms with Gasteiger partial charge in [-0.2, -0.15) is 0 Å². The van der Waals surface area contributed by atoms with Gasteiger partial charge in [-0.25, -0.2) is 0 Å². The highest BCUT2D eigenvalue weighted by molar-refractivity contribution is 6.23. The molecule has 1 saturated heterocycles. The summed E-state index contributed by atoms with van der Waals surface area (Å²) >= 11 is 0. The molecule has 2 amide bonds. The minimum absolute atomic E-state index is 0.310. The highest BCUT2D eigenvalue weighted by Gasteiger charge is 2.48. The van der Waals surface area contributed by atoms with Gasteiger partial charge in [0.2, 0.25) is 11.8 Å². The Bertz CT molecular complexity index is 556. The smallest absolute Gasteiger partial charge is 0.243 e. The summed E-state index contributed by atoms with van der Waals surface area (Å²) in [5.41, 5.74) is 0.947. The first-order chi connectivity index (χ1) is 10.6. The summed E-state index contributed by atoms with van der Waals surface area (Å²) in [4.78, 5) is 38.3. The van der Waals surface area contributed by atoms with Crippen molar-refractivity contribution in [1.82, 2.24) is 10.2 Å².